The van der Waals surface area contributed by atoms with Gasteiger partial charge in [-0.1, -0.05) is 48.0 Å². The Hall–Kier alpha value is -2.10. The Morgan fingerprint density at radius 3 is 2.29 bits per heavy atom. The van der Waals surface area contributed by atoms with Crippen molar-refractivity contribution in [1.29, 1.82) is 0 Å². The molecule has 28 heavy (non-hydrogen) atoms. The molecule has 0 amide bonds. The van der Waals surface area contributed by atoms with Crippen LogP contribution in [-0.4, -0.2) is 31.1 Å². The summed E-state index contributed by atoms with van der Waals surface area (Å²) >= 11 is 5.87. The number of carbonyl (C=O) groups is 1. The minimum absolute atomic E-state index is 0.0200. The molecule has 0 bridgehead atoms. The van der Waals surface area contributed by atoms with Crippen LogP contribution >= 0.6 is 11.6 Å². The van der Waals surface area contributed by atoms with Crippen molar-refractivity contribution in [3.63, 3.8) is 0 Å². The van der Waals surface area contributed by atoms with Crippen molar-refractivity contribution >= 4 is 23.6 Å². The van der Waals surface area contributed by atoms with Crippen LogP contribution in [-0.2, 0) is 16.1 Å². The highest BCUT2D eigenvalue weighted by Gasteiger charge is 2.24. The van der Waals surface area contributed by atoms with Gasteiger partial charge >= 0.3 is 5.97 Å². The number of esters is 1. The maximum absolute atomic E-state index is 12.1. The van der Waals surface area contributed by atoms with E-state index < -0.39 is 0 Å². The van der Waals surface area contributed by atoms with E-state index in [9.17, 15) is 4.79 Å². The van der Waals surface area contributed by atoms with Gasteiger partial charge in [0, 0.05) is 17.6 Å². The fourth-order valence-corrected chi connectivity index (χ4v) is 3.84. The lowest BCUT2D eigenvalue weighted by Gasteiger charge is -2.28. The molecule has 1 aliphatic carbocycles. The zero-order chi connectivity index (χ0) is 19.9. The Kier molecular flexibility index (Phi) is 7.30. The SMILES string of the molecule is CN(C)Cc1ccc([C@H]2CC[C@H](OC(=O)/C=C/c3ccc(Cl)cc3)CC2)cc1. The standard InChI is InChI=1S/C24H28ClNO2/c1-26(2)17-19-3-8-20(9-4-19)21-10-14-23(15-11-21)28-24(27)16-7-18-5-12-22(25)13-6-18/h3-9,12-13,16,21,23H,10-11,14-15,17H2,1-2H3/b16-7+/t21-,23-. The molecule has 0 spiro atoms. The van der Waals surface area contributed by atoms with Crippen LogP contribution in [0.1, 0.15) is 48.3 Å². The van der Waals surface area contributed by atoms with Crippen LogP contribution < -0.4 is 0 Å². The second-order valence-corrected chi connectivity index (χ2v) is 8.21. The lowest BCUT2D eigenvalue weighted by molar-refractivity contribution is -0.144. The smallest absolute Gasteiger partial charge is 0.331 e. The van der Waals surface area contributed by atoms with Crippen LogP contribution in [0.4, 0.5) is 0 Å². The molecule has 0 atom stereocenters. The molecule has 0 radical (unpaired) electrons. The molecular formula is C24H28ClNO2. The molecule has 1 saturated carbocycles. The van der Waals surface area contributed by atoms with Gasteiger partial charge in [0.05, 0.1) is 0 Å². The van der Waals surface area contributed by atoms with Crippen LogP contribution in [0.5, 0.6) is 0 Å². The summed E-state index contributed by atoms with van der Waals surface area (Å²) in [5.74, 6) is 0.291. The molecule has 3 rings (SSSR count). The molecule has 0 heterocycles. The van der Waals surface area contributed by atoms with Gasteiger partial charge in [-0.25, -0.2) is 4.79 Å². The number of nitrogens with zero attached hydrogens (tertiary/aromatic N) is 1. The average Bonchev–Trinajstić information content (AvgIpc) is 2.68. The van der Waals surface area contributed by atoms with Gasteiger partial charge in [0.25, 0.3) is 0 Å². The lowest BCUT2D eigenvalue weighted by Crippen LogP contribution is -2.23. The number of ether oxygens (including phenoxy) is 1. The molecule has 0 saturated heterocycles. The largest absolute Gasteiger partial charge is 0.459 e. The van der Waals surface area contributed by atoms with Gasteiger partial charge in [-0.05, 0) is 80.6 Å². The number of halogens is 1. The van der Waals surface area contributed by atoms with E-state index in [4.69, 9.17) is 16.3 Å². The summed E-state index contributed by atoms with van der Waals surface area (Å²) in [6, 6.07) is 16.3. The summed E-state index contributed by atoms with van der Waals surface area (Å²) in [7, 11) is 4.17. The predicted molar refractivity (Wildman–Crippen MR) is 115 cm³/mol. The topological polar surface area (TPSA) is 29.5 Å². The van der Waals surface area contributed by atoms with Gasteiger partial charge < -0.3 is 9.64 Å². The van der Waals surface area contributed by atoms with Crippen molar-refractivity contribution in [2.75, 3.05) is 14.1 Å². The molecule has 1 fully saturated rings. The molecule has 0 aliphatic heterocycles. The molecule has 2 aromatic rings. The molecule has 4 heteroatoms. The van der Waals surface area contributed by atoms with Crippen molar-refractivity contribution in [2.24, 2.45) is 0 Å². The number of hydrogen-bond donors (Lipinski definition) is 0. The van der Waals surface area contributed by atoms with Gasteiger partial charge in [0.1, 0.15) is 6.10 Å². The van der Waals surface area contributed by atoms with Crippen molar-refractivity contribution in [3.05, 3.63) is 76.3 Å². The first-order chi connectivity index (χ1) is 13.5. The van der Waals surface area contributed by atoms with Gasteiger partial charge in [-0.15, -0.1) is 0 Å². The molecular weight excluding hydrogens is 370 g/mol. The molecule has 2 aromatic carbocycles. The van der Waals surface area contributed by atoms with Gasteiger partial charge in [0.15, 0.2) is 0 Å². The van der Waals surface area contributed by atoms with Crippen LogP contribution in [0.15, 0.2) is 54.6 Å². The van der Waals surface area contributed by atoms with Crippen molar-refractivity contribution in [1.82, 2.24) is 4.90 Å². The predicted octanol–water partition coefficient (Wildman–Crippen LogP) is 5.68. The summed E-state index contributed by atoms with van der Waals surface area (Å²) in [5.41, 5.74) is 3.67. The number of rotatable bonds is 6. The van der Waals surface area contributed by atoms with Crippen LogP contribution in [0, 0.1) is 0 Å². The van der Waals surface area contributed by atoms with Crippen LogP contribution in [0.3, 0.4) is 0 Å². The van der Waals surface area contributed by atoms with E-state index >= 15 is 0 Å². The first-order valence-corrected chi connectivity index (χ1v) is 10.3. The zero-order valence-electron chi connectivity index (χ0n) is 16.6. The minimum Gasteiger partial charge on any atom is -0.459 e. The number of hydrogen-bond acceptors (Lipinski definition) is 3. The maximum Gasteiger partial charge on any atom is 0.331 e. The van der Waals surface area contributed by atoms with E-state index in [2.05, 4.69) is 43.3 Å². The van der Waals surface area contributed by atoms with Crippen molar-refractivity contribution < 1.29 is 9.53 Å². The first kappa shape index (κ1) is 20.6. The second kappa shape index (κ2) is 9.90. The fourth-order valence-electron chi connectivity index (χ4n) is 3.72. The third kappa shape index (κ3) is 6.22. The minimum atomic E-state index is -0.272. The normalized spacial score (nSPS) is 19.9. The zero-order valence-corrected chi connectivity index (χ0v) is 17.4. The van der Waals surface area contributed by atoms with E-state index in [1.807, 2.05) is 12.1 Å². The Bertz CT molecular complexity index is 788. The third-order valence-electron chi connectivity index (χ3n) is 5.19. The van der Waals surface area contributed by atoms with E-state index in [1.54, 1.807) is 18.2 Å². The summed E-state index contributed by atoms with van der Waals surface area (Å²) in [6.45, 7) is 0.965. The highest BCUT2D eigenvalue weighted by molar-refractivity contribution is 6.30. The quantitative estimate of drug-likeness (QED) is 0.463. The summed E-state index contributed by atoms with van der Waals surface area (Å²) < 4.78 is 5.63. The first-order valence-electron chi connectivity index (χ1n) is 9.87. The highest BCUT2D eigenvalue weighted by atomic mass is 35.5. The van der Waals surface area contributed by atoms with Crippen LogP contribution in [0.2, 0.25) is 5.02 Å². The lowest BCUT2D eigenvalue weighted by atomic mass is 9.82. The van der Waals surface area contributed by atoms with E-state index in [0.717, 1.165) is 37.8 Å². The molecule has 0 N–H and O–H groups in total. The fraction of sp³-hybridized carbons (Fsp3) is 0.375. The highest BCUT2D eigenvalue weighted by Crippen LogP contribution is 2.34. The van der Waals surface area contributed by atoms with Crippen molar-refractivity contribution in [2.45, 2.75) is 44.2 Å². The molecule has 1 aliphatic rings. The van der Waals surface area contributed by atoms with Crippen LogP contribution in [0.25, 0.3) is 6.08 Å². The Morgan fingerprint density at radius 2 is 1.68 bits per heavy atom. The Labute approximate surface area is 173 Å². The number of carbonyl (C=O) groups excluding carboxylic acids is 1. The average molecular weight is 398 g/mol. The molecule has 148 valence electrons. The summed E-state index contributed by atoms with van der Waals surface area (Å²) in [4.78, 5) is 14.3. The monoisotopic (exact) mass is 397 g/mol. The van der Waals surface area contributed by atoms with Gasteiger partial charge in [-0.3, -0.25) is 0 Å². The summed E-state index contributed by atoms with van der Waals surface area (Å²) in [5, 5.41) is 0.684. The van der Waals surface area contributed by atoms with Gasteiger partial charge in [0.2, 0.25) is 0 Å². The molecule has 3 nitrogen and oxygen atoms in total. The Balaban J connectivity index is 1.45. The summed E-state index contributed by atoms with van der Waals surface area (Å²) in [6.07, 6.45) is 7.25. The number of benzene rings is 2. The van der Waals surface area contributed by atoms with E-state index in [0.29, 0.717) is 10.9 Å². The van der Waals surface area contributed by atoms with E-state index in [-0.39, 0.29) is 12.1 Å². The maximum atomic E-state index is 12.1. The molecule has 0 aromatic heterocycles. The Morgan fingerprint density at radius 1 is 1.04 bits per heavy atom. The third-order valence-corrected chi connectivity index (χ3v) is 5.44. The second-order valence-electron chi connectivity index (χ2n) is 7.77. The molecule has 0 unspecified atom stereocenters. The van der Waals surface area contributed by atoms with E-state index in [1.165, 1.54) is 17.2 Å². The van der Waals surface area contributed by atoms with Gasteiger partial charge in [-0.2, -0.15) is 0 Å². The van der Waals surface area contributed by atoms with Crippen molar-refractivity contribution in [3.8, 4) is 0 Å².